The van der Waals surface area contributed by atoms with Crippen LogP contribution in [0.4, 0.5) is 0 Å². The van der Waals surface area contributed by atoms with Crippen LogP contribution in [0.15, 0.2) is 65.4 Å². The molecule has 1 aromatic heterocycles. The van der Waals surface area contributed by atoms with Gasteiger partial charge in [0, 0.05) is 22.3 Å². The zero-order valence-corrected chi connectivity index (χ0v) is 11.7. The Kier molecular flexibility index (Phi) is 3.32. The molecule has 1 heterocycles. The van der Waals surface area contributed by atoms with Crippen molar-refractivity contribution in [1.82, 2.24) is 4.98 Å². The number of pyridine rings is 1. The Hall–Kier alpha value is -1.71. The molecule has 2 aromatic carbocycles. The molecule has 0 saturated carbocycles. The van der Waals surface area contributed by atoms with E-state index in [2.05, 4.69) is 20.9 Å². The first-order valence-electron chi connectivity index (χ1n) is 6.02. The molecule has 0 fully saturated rings. The molecule has 1 unspecified atom stereocenters. The van der Waals surface area contributed by atoms with Crippen molar-refractivity contribution in [3.8, 4) is 0 Å². The molecular weight excluding hydrogens is 302 g/mol. The molecule has 0 amide bonds. The topological polar surface area (TPSA) is 33.1 Å². The Labute approximate surface area is 119 Å². The van der Waals surface area contributed by atoms with Gasteiger partial charge in [-0.15, -0.1) is 0 Å². The second-order valence-electron chi connectivity index (χ2n) is 4.37. The van der Waals surface area contributed by atoms with Crippen molar-refractivity contribution in [2.75, 3.05) is 0 Å². The molecule has 0 spiro atoms. The fourth-order valence-electron chi connectivity index (χ4n) is 2.24. The van der Waals surface area contributed by atoms with Crippen LogP contribution in [0.1, 0.15) is 17.2 Å². The highest BCUT2D eigenvalue weighted by molar-refractivity contribution is 9.10. The van der Waals surface area contributed by atoms with Gasteiger partial charge in [0.05, 0.1) is 0 Å². The predicted molar refractivity (Wildman–Crippen MR) is 79.9 cm³/mol. The SMILES string of the molecule is OC(c1ccccc1Br)c1cccc2ccncc12. The van der Waals surface area contributed by atoms with Gasteiger partial charge in [-0.2, -0.15) is 0 Å². The van der Waals surface area contributed by atoms with E-state index in [0.717, 1.165) is 26.4 Å². The van der Waals surface area contributed by atoms with Crippen LogP contribution in [0.5, 0.6) is 0 Å². The molecule has 1 atom stereocenters. The van der Waals surface area contributed by atoms with Gasteiger partial charge in [0.15, 0.2) is 0 Å². The molecule has 1 N–H and O–H groups in total. The third-order valence-electron chi connectivity index (χ3n) is 3.21. The number of aromatic nitrogens is 1. The Bertz CT molecular complexity index is 721. The van der Waals surface area contributed by atoms with Crippen molar-refractivity contribution in [2.45, 2.75) is 6.10 Å². The second kappa shape index (κ2) is 5.11. The highest BCUT2D eigenvalue weighted by Gasteiger charge is 2.15. The number of halogens is 1. The molecule has 0 aliphatic heterocycles. The van der Waals surface area contributed by atoms with E-state index in [-0.39, 0.29) is 0 Å². The lowest BCUT2D eigenvalue weighted by Crippen LogP contribution is -2.01. The van der Waals surface area contributed by atoms with Crippen molar-refractivity contribution < 1.29 is 5.11 Å². The van der Waals surface area contributed by atoms with Gasteiger partial charge < -0.3 is 5.11 Å². The number of rotatable bonds is 2. The predicted octanol–water partition coefficient (Wildman–Crippen LogP) is 4.08. The second-order valence-corrected chi connectivity index (χ2v) is 5.22. The summed E-state index contributed by atoms with van der Waals surface area (Å²) in [6.07, 6.45) is 2.89. The van der Waals surface area contributed by atoms with Gasteiger partial charge in [0.1, 0.15) is 6.10 Å². The molecular formula is C16H12BrNO. The monoisotopic (exact) mass is 313 g/mol. The zero-order chi connectivity index (χ0) is 13.2. The van der Waals surface area contributed by atoms with Crippen molar-refractivity contribution >= 4 is 26.7 Å². The summed E-state index contributed by atoms with van der Waals surface area (Å²) in [7, 11) is 0. The maximum Gasteiger partial charge on any atom is 0.106 e. The van der Waals surface area contributed by atoms with E-state index in [9.17, 15) is 5.11 Å². The van der Waals surface area contributed by atoms with Crippen molar-refractivity contribution in [1.29, 1.82) is 0 Å². The van der Waals surface area contributed by atoms with E-state index in [4.69, 9.17) is 0 Å². The summed E-state index contributed by atoms with van der Waals surface area (Å²) in [4.78, 5) is 4.15. The van der Waals surface area contributed by atoms with Crippen LogP contribution in [0.25, 0.3) is 10.8 Å². The first kappa shape index (κ1) is 12.3. The third kappa shape index (κ3) is 2.27. The van der Waals surface area contributed by atoms with E-state index < -0.39 is 6.10 Å². The van der Waals surface area contributed by atoms with Gasteiger partial charge in [-0.05, 0) is 28.6 Å². The van der Waals surface area contributed by atoms with Crippen LogP contribution >= 0.6 is 15.9 Å². The first-order valence-corrected chi connectivity index (χ1v) is 6.82. The number of aliphatic hydroxyl groups is 1. The van der Waals surface area contributed by atoms with Crippen LogP contribution in [-0.4, -0.2) is 10.1 Å². The standard InChI is InChI=1S/C16H12BrNO/c17-15-7-2-1-5-13(15)16(19)12-6-3-4-11-8-9-18-10-14(11)12/h1-10,16,19H. The summed E-state index contributed by atoms with van der Waals surface area (Å²) in [6, 6.07) is 15.6. The molecule has 0 saturated heterocycles. The number of hydrogen-bond donors (Lipinski definition) is 1. The van der Waals surface area contributed by atoms with Crippen LogP contribution in [0, 0.1) is 0 Å². The van der Waals surface area contributed by atoms with Crippen molar-refractivity contribution in [2.24, 2.45) is 0 Å². The van der Waals surface area contributed by atoms with Gasteiger partial charge in [-0.25, -0.2) is 0 Å². The first-order chi connectivity index (χ1) is 9.27. The molecule has 0 aliphatic carbocycles. The van der Waals surface area contributed by atoms with E-state index >= 15 is 0 Å². The molecule has 3 aromatic rings. The lowest BCUT2D eigenvalue weighted by Gasteiger charge is -2.15. The van der Waals surface area contributed by atoms with E-state index in [1.54, 1.807) is 12.4 Å². The minimum absolute atomic E-state index is 0.663. The normalized spacial score (nSPS) is 12.5. The average molecular weight is 314 g/mol. The van der Waals surface area contributed by atoms with Crippen LogP contribution in [0.3, 0.4) is 0 Å². The van der Waals surface area contributed by atoms with Gasteiger partial charge in [0.25, 0.3) is 0 Å². The minimum atomic E-state index is -0.663. The van der Waals surface area contributed by atoms with Crippen molar-refractivity contribution in [3.05, 3.63) is 76.5 Å². The lowest BCUT2D eigenvalue weighted by molar-refractivity contribution is 0.221. The fourth-order valence-corrected chi connectivity index (χ4v) is 2.74. The molecule has 3 rings (SSSR count). The number of fused-ring (bicyclic) bond motifs is 1. The number of benzene rings is 2. The van der Waals surface area contributed by atoms with E-state index in [1.165, 1.54) is 0 Å². The lowest BCUT2D eigenvalue weighted by atomic mass is 9.97. The molecule has 0 aliphatic rings. The van der Waals surface area contributed by atoms with Gasteiger partial charge in [-0.1, -0.05) is 52.3 Å². The fraction of sp³-hybridized carbons (Fsp3) is 0.0625. The summed E-state index contributed by atoms with van der Waals surface area (Å²) in [5, 5.41) is 12.7. The van der Waals surface area contributed by atoms with Crippen molar-refractivity contribution in [3.63, 3.8) is 0 Å². The summed E-state index contributed by atoms with van der Waals surface area (Å²) >= 11 is 3.48. The quantitative estimate of drug-likeness (QED) is 0.773. The Morgan fingerprint density at radius 1 is 0.947 bits per heavy atom. The summed E-state index contributed by atoms with van der Waals surface area (Å²) in [5.41, 5.74) is 1.73. The molecule has 0 radical (unpaired) electrons. The Balaban J connectivity index is 2.17. The summed E-state index contributed by atoms with van der Waals surface area (Å²) in [5.74, 6) is 0. The molecule has 2 nitrogen and oxygen atoms in total. The summed E-state index contributed by atoms with van der Waals surface area (Å²) in [6.45, 7) is 0. The molecule has 0 bridgehead atoms. The Morgan fingerprint density at radius 2 is 1.74 bits per heavy atom. The Morgan fingerprint density at radius 3 is 2.58 bits per heavy atom. The van der Waals surface area contributed by atoms with E-state index in [1.807, 2.05) is 48.5 Å². The highest BCUT2D eigenvalue weighted by Crippen LogP contribution is 2.32. The third-order valence-corrected chi connectivity index (χ3v) is 3.93. The molecule has 19 heavy (non-hydrogen) atoms. The van der Waals surface area contributed by atoms with Crippen LogP contribution < -0.4 is 0 Å². The zero-order valence-electron chi connectivity index (χ0n) is 10.1. The highest BCUT2D eigenvalue weighted by atomic mass is 79.9. The smallest absolute Gasteiger partial charge is 0.106 e. The number of hydrogen-bond acceptors (Lipinski definition) is 2. The van der Waals surface area contributed by atoms with E-state index in [0.29, 0.717) is 0 Å². The molecule has 94 valence electrons. The molecule has 3 heteroatoms. The average Bonchev–Trinajstić information content (AvgIpc) is 2.46. The van der Waals surface area contributed by atoms with Gasteiger partial charge in [-0.3, -0.25) is 4.98 Å². The minimum Gasteiger partial charge on any atom is -0.384 e. The maximum absolute atomic E-state index is 10.6. The number of aliphatic hydroxyl groups excluding tert-OH is 1. The summed E-state index contributed by atoms with van der Waals surface area (Å²) < 4.78 is 0.906. The van der Waals surface area contributed by atoms with Gasteiger partial charge in [0.2, 0.25) is 0 Å². The van der Waals surface area contributed by atoms with Gasteiger partial charge >= 0.3 is 0 Å². The largest absolute Gasteiger partial charge is 0.384 e. The maximum atomic E-state index is 10.6. The number of nitrogens with zero attached hydrogens (tertiary/aromatic N) is 1. The van der Waals surface area contributed by atoms with Crippen LogP contribution in [0.2, 0.25) is 0 Å². The van der Waals surface area contributed by atoms with Crippen LogP contribution in [-0.2, 0) is 0 Å².